The number of ether oxygens (including phenoxy) is 3. The Kier molecular flexibility index (Phi) is 6.30. The molecule has 6 heteroatoms. The van der Waals surface area contributed by atoms with Crippen molar-refractivity contribution in [2.24, 2.45) is 0 Å². The number of hydrogen-bond donors (Lipinski definition) is 1. The van der Waals surface area contributed by atoms with Crippen molar-refractivity contribution >= 4 is 5.91 Å². The summed E-state index contributed by atoms with van der Waals surface area (Å²) in [5.41, 5.74) is 0. The maximum absolute atomic E-state index is 12.1. The van der Waals surface area contributed by atoms with Crippen LogP contribution in [0.15, 0.2) is 48.7 Å². The van der Waals surface area contributed by atoms with E-state index < -0.39 is 0 Å². The molecular weight excluding hydrogens is 332 g/mol. The zero-order valence-corrected chi connectivity index (χ0v) is 14.9. The third-order valence-electron chi connectivity index (χ3n) is 4.38. The number of nitrogens with zero attached hydrogens (tertiary/aromatic N) is 1. The molecular formula is C20H24N2O4. The number of pyridine rings is 1. The topological polar surface area (TPSA) is 69.7 Å². The van der Waals surface area contributed by atoms with Crippen LogP contribution >= 0.6 is 0 Å². The number of hydrogen-bond acceptors (Lipinski definition) is 5. The number of carbonyl (C=O) groups excluding carboxylic acids is 1. The third-order valence-corrected chi connectivity index (χ3v) is 4.38. The number of rotatable bonds is 7. The second kappa shape index (κ2) is 9.08. The van der Waals surface area contributed by atoms with Gasteiger partial charge in [0.05, 0.1) is 7.11 Å². The molecule has 1 saturated carbocycles. The summed E-state index contributed by atoms with van der Waals surface area (Å²) in [5, 5.41) is 3.04. The molecule has 0 spiro atoms. The number of benzene rings is 1. The van der Waals surface area contributed by atoms with Crippen molar-refractivity contribution in [3.05, 3.63) is 48.7 Å². The van der Waals surface area contributed by atoms with Crippen molar-refractivity contribution in [2.75, 3.05) is 13.7 Å². The Balaban J connectivity index is 1.38. The average Bonchev–Trinajstić information content (AvgIpc) is 2.69. The standard InChI is InChI=1S/C20H24N2O4/c1-24-17-5-4-6-18(13-17)25-14-19(23)22-15-8-10-16(11-9-15)26-20-7-2-3-12-21-20/h2-7,12-13,15-16H,8-11,14H2,1H3,(H,22,23). The molecule has 1 fully saturated rings. The van der Waals surface area contributed by atoms with E-state index in [4.69, 9.17) is 14.2 Å². The highest BCUT2D eigenvalue weighted by Crippen LogP contribution is 2.23. The van der Waals surface area contributed by atoms with Crippen LogP contribution in [0.25, 0.3) is 0 Å². The van der Waals surface area contributed by atoms with Crippen LogP contribution in [0.2, 0.25) is 0 Å². The molecule has 26 heavy (non-hydrogen) atoms. The van der Waals surface area contributed by atoms with Gasteiger partial charge in [-0.1, -0.05) is 12.1 Å². The lowest BCUT2D eigenvalue weighted by Crippen LogP contribution is -2.41. The average molecular weight is 356 g/mol. The Labute approximate surface area is 153 Å². The Hall–Kier alpha value is -2.76. The van der Waals surface area contributed by atoms with E-state index in [0.717, 1.165) is 25.7 Å². The maximum atomic E-state index is 12.1. The number of nitrogens with one attached hydrogen (secondary N) is 1. The molecule has 1 aliphatic carbocycles. The summed E-state index contributed by atoms with van der Waals surface area (Å²) in [6.45, 7) is -0.00245. The Morgan fingerprint density at radius 2 is 1.92 bits per heavy atom. The molecule has 3 rings (SSSR count). The van der Waals surface area contributed by atoms with E-state index in [1.54, 1.807) is 25.4 Å². The van der Waals surface area contributed by atoms with Gasteiger partial charge >= 0.3 is 0 Å². The van der Waals surface area contributed by atoms with E-state index in [1.807, 2.05) is 30.3 Å². The summed E-state index contributed by atoms with van der Waals surface area (Å²) in [6, 6.07) is 13.0. The van der Waals surface area contributed by atoms with Gasteiger partial charge in [0.15, 0.2) is 6.61 Å². The molecule has 0 atom stereocenters. The van der Waals surface area contributed by atoms with Crippen LogP contribution in [-0.4, -0.2) is 36.8 Å². The van der Waals surface area contributed by atoms with Gasteiger partial charge in [-0.15, -0.1) is 0 Å². The fourth-order valence-electron chi connectivity index (χ4n) is 3.02. The van der Waals surface area contributed by atoms with E-state index in [0.29, 0.717) is 17.4 Å². The fourth-order valence-corrected chi connectivity index (χ4v) is 3.02. The van der Waals surface area contributed by atoms with Crippen LogP contribution in [0.3, 0.4) is 0 Å². The summed E-state index contributed by atoms with van der Waals surface area (Å²) < 4.78 is 16.5. The molecule has 2 aromatic rings. The predicted molar refractivity (Wildman–Crippen MR) is 97.5 cm³/mol. The molecule has 1 aliphatic rings. The molecule has 1 amide bonds. The first-order valence-electron chi connectivity index (χ1n) is 8.87. The highest BCUT2D eigenvalue weighted by Gasteiger charge is 2.24. The Morgan fingerprint density at radius 3 is 2.65 bits per heavy atom. The van der Waals surface area contributed by atoms with Crippen molar-refractivity contribution in [1.29, 1.82) is 0 Å². The van der Waals surface area contributed by atoms with E-state index in [-0.39, 0.29) is 24.7 Å². The molecule has 0 unspecified atom stereocenters. The van der Waals surface area contributed by atoms with E-state index in [9.17, 15) is 4.79 Å². The fraction of sp³-hybridized carbons (Fsp3) is 0.400. The van der Waals surface area contributed by atoms with E-state index in [2.05, 4.69) is 10.3 Å². The second-order valence-electron chi connectivity index (χ2n) is 6.29. The van der Waals surface area contributed by atoms with Crippen LogP contribution in [0, 0.1) is 0 Å². The number of methoxy groups -OCH3 is 1. The van der Waals surface area contributed by atoms with Crippen LogP contribution in [0.5, 0.6) is 17.4 Å². The van der Waals surface area contributed by atoms with Crippen molar-refractivity contribution in [3.63, 3.8) is 0 Å². The van der Waals surface area contributed by atoms with Gasteiger partial charge < -0.3 is 19.5 Å². The van der Waals surface area contributed by atoms with Crippen molar-refractivity contribution in [3.8, 4) is 17.4 Å². The maximum Gasteiger partial charge on any atom is 0.258 e. The largest absolute Gasteiger partial charge is 0.497 e. The second-order valence-corrected chi connectivity index (χ2v) is 6.29. The first-order chi connectivity index (χ1) is 12.7. The zero-order chi connectivity index (χ0) is 18.2. The normalized spacial score (nSPS) is 19.4. The molecule has 1 heterocycles. The minimum Gasteiger partial charge on any atom is -0.497 e. The van der Waals surface area contributed by atoms with Gasteiger partial charge in [-0.05, 0) is 43.9 Å². The summed E-state index contributed by atoms with van der Waals surface area (Å²) in [4.78, 5) is 16.3. The highest BCUT2D eigenvalue weighted by atomic mass is 16.5. The van der Waals surface area contributed by atoms with E-state index >= 15 is 0 Å². The minimum atomic E-state index is -0.109. The Morgan fingerprint density at radius 1 is 1.12 bits per heavy atom. The molecule has 0 aliphatic heterocycles. The van der Waals surface area contributed by atoms with Crippen LogP contribution in [0.1, 0.15) is 25.7 Å². The molecule has 1 aromatic heterocycles. The lowest BCUT2D eigenvalue weighted by molar-refractivity contribution is -0.124. The smallest absolute Gasteiger partial charge is 0.258 e. The lowest BCUT2D eigenvalue weighted by Gasteiger charge is -2.29. The SMILES string of the molecule is COc1cccc(OCC(=O)NC2CCC(Oc3ccccn3)CC2)c1. The number of carbonyl (C=O) groups is 1. The summed E-state index contributed by atoms with van der Waals surface area (Å²) >= 11 is 0. The van der Waals surface area contributed by atoms with Crippen LogP contribution in [0.4, 0.5) is 0 Å². The summed E-state index contributed by atoms with van der Waals surface area (Å²) in [7, 11) is 1.60. The molecule has 0 bridgehead atoms. The van der Waals surface area contributed by atoms with Crippen molar-refractivity contribution < 1.29 is 19.0 Å². The molecule has 0 radical (unpaired) electrons. The van der Waals surface area contributed by atoms with Gasteiger partial charge in [0.1, 0.15) is 17.6 Å². The summed E-state index contributed by atoms with van der Waals surface area (Å²) in [6.07, 6.45) is 5.47. The summed E-state index contributed by atoms with van der Waals surface area (Å²) in [5.74, 6) is 1.87. The Bertz CT molecular complexity index is 700. The van der Waals surface area contributed by atoms with Gasteiger partial charge in [-0.25, -0.2) is 4.98 Å². The molecule has 1 N–H and O–H groups in total. The predicted octanol–water partition coefficient (Wildman–Crippen LogP) is 2.98. The lowest BCUT2D eigenvalue weighted by atomic mass is 9.93. The van der Waals surface area contributed by atoms with Crippen LogP contribution < -0.4 is 19.5 Å². The quantitative estimate of drug-likeness (QED) is 0.826. The van der Waals surface area contributed by atoms with Gasteiger partial charge in [-0.3, -0.25) is 4.79 Å². The third kappa shape index (κ3) is 5.37. The van der Waals surface area contributed by atoms with Gasteiger partial charge in [0, 0.05) is 24.4 Å². The van der Waals surface area contributed by atoms with Gasteiger partial charge in [0.2, 0.25) is 5.88 Å². The highest BCUT2D eigenvalue weighted by molar-refractivity contribution is 5.77. The molecule has 0 saturated heterocycles. The van der Waals surface area contributed by atoms with Gasteiger partial charge in [-0.2, -0.15) is 0 Å². The van der Waals surface area contributed by atoms with E-state index in [1.165, 1.54) is 0 Å². The molecule has 138 valence electrons. The van der Waals surface area contributed by atoms with Crippen molar-refractivity contribution in [1.82, 2.24) is 10.3 Å². The van der Waals surface area contributed by atoms with Gasteiger partial charge in [0.25, 0.3) is 5.91 Å². The monoisotopic (exact) mass is 356 g/mol. The number of amides is 1. The first kappa shape index (κ1) is 18.0. The number of aromatic nitrogens is 1. The van der Waals surface area contributed by atoms with Crippen LogP contribution in [-0.2, 0) is 4.79 Å². The molecule has 1 aromatic carbocycles. The van der Waals surface area contributed by atoms with Crippen molar-refractivity contribution in [2.45, 2.75) is 37.8 Å². The first-order valence-corrected chi connectivity index (χ1v) is 8.87. The molecule has 6 nitrogen and oxygen atoms in total. The zero-order valence-electron chi connectivity index (χ0n) is 14.9. The minimum absolute atomic E-state index is 0.00245.